The summed E-state index contributed by atoms with van der Waals surface area (Å²) < 4.78 is 17.3. The first-order valence-electron chi connectivity index (χ1n) is 7.80. The van der Waals surface area contributed by atoms with Gasteiger partial charge in [-0.05, 0) is 32.1 Å². The van der Waals surface area contributed by atoms with Crippen LogP contribution >= 0.6 is 0 Å². The molecule has 20 heavy (non-hydrogen) atoms. The molecule has 2 unspecified atom stereocenters. The van der Waals surface area contributed by atoms with Crippen LogP contribution in [0.15, 0.2) is 0 Å². The van der Waals surface area contributed by atoms with Crippen LogP contribution in [-0.4, -0.2) is 42.9 Å². The van der Waals surface area contributed by atoms with Crippen molar-refractivity contribution in [3.05, 3.63) is 0 Å². The highest BCUT2D eigenvalue weighted by molar-refractivity contribution is 5.85. The molecule has 2 aliphatic heterocycles. The third-order valence-electron chi connectivity index (χ3n) is 5.35. The summed E-state index contributed by atoms with van der Waals surface area (Å²) in [6, 6.07) is 0. The van der Waals surface area contributed by atoms with Crippen LogP contribution in [0.25, 0.3) is 0 Å². The molecule has 0 N–H and O–H groups in total. The molecular weight excluding hydrogens is 256 g/mol. The number of carbonyl (C=O) groups is 1. The van der Waals surface area contributed by atoms with Crippen LogP contribution in [0.3, 0.4) is 0 Å². The van der Waals surface area contributed by atoms with E-state index in [-0.39, 0.29) is 35.1 Å². The van der Waals surface area contributed by atoms with Crippen LogP contribution in [0.4, 0.5) is 0 Å². The van der Waals surface area contributed by atoms with E-state index in [0.29, 0.717) is 12.3 Å². The first-order chi connectivity index (χ1) is 9.43. The van der Waals surface area contributed by atoms with E-state index in [2.05, 4.69) is 20.8 Å². The predicted molar refractivity (Wildman–Crippen MR) is 74.6 cm³/mol. The highest BCUT2D eigenvalue weighted by atomic mass is 16.6. The Kier molecular flexibility index (Phi) is 3.47. The lowest BCUT2D eigenvalue weighted by Gasteiger charge is -2.37. The first-order valence-corrected chi connectivity index (χ1v) is 7.80. The van der Waals surface area contributed by atoms with Gasteiger partial charge in [0.2, 0.25) is 0 Å². The Hall–Kier alpha value is -0.450. The van der Waals surface area contributed by atoms with Crippen molar-refractivity contribution in [3.8, 4) is 0 Å². The van der Waals surface area contributed by atoms with E-state index in [1.165, 1.54) is 0 Å². The zero-order valence-electron chi connectivity index (χ0n) is 13.0. The molecule has 1 saturated carbocycles. The van der Waals surface area contributed by atoms with Gasteiger partial charge in [0.15, 0.2) is 5.78 Å². The Morgan fingerprint density at radius 2 is 2.15 bits per heavy atom. The molecule has 2 saturated heterocycles. The normalized spacial score (nSPS) is 47.0. The lowest BCUT2D eigenvalue weighted by atomic mass is 9.68. The summed E-state index contributed by atoms with van der Waals surface area (Å²) in [5.74, 6) is 0.942. The molecule has 4 heteroatoms. The summed E-state index contributed by atoms with van der Waals surface area (Å²) in [7, 11) is 1.63. The lowest BCUT2D eigenvalue weighted by molar-refractivity contribution is -0.142. The Labute approximate surface area is 121 Å². The number of rotatable bonds is 5. The number of Topliss-reactive ketones (excluding diaryl/α,β-unsaturated/α-hetero) is 1. The highest BCUT2D eigenvalue weighted by Gasteiger charge is 2.71. The fourth-order valence-electron chi connectivity index (χ4n) is 3.98. The molecule has 0 aromatic rings. The summed E-state index contributed by atoms with van der Waals surface area (Å²) in [6.45, 7) is 7.35. The fraction of sp³-hybridized carbons (Fsp3) is 0.938. The van der Waals surface area contributed by atoms with E-state index in [9.17, 15) is 4.79 Å². The molecule has 3 fully saturated rings. The maximum atomic E-state index is 12.2. The average molecular weight is 282 g/mol. The topological polar surface area (TPSA) is 51.4 Å². The van der Waals surface area contributed by atoms with E-state index in [1.54, 1.807) is 7.11 Å². The lowest BCUT2D eigenvalue weighted by Crippen LogP contribution is -2.53. The zero-order valence-corrected chi connectivity index (χ0v) is 13.0. The number of ketones is 1. The smallest absolute Gasteiger partial charge is 0.162 e. The van der Waals surface area contributed by atoms with E-state index < -0.39 is 0 Å². The minimum atomic E-state index is -0.361. The van der Waals surface area contributed by atoms with Gasteiger partial charge in [-0.3, -0.25) is 4.79 Å². The molecule has 3 aliphatic rings. The zero-order chi connectivity index (χ0) is 14.5. The van der Waals surface area contributed by atoms with Gasteiger partial charge in [-0.15, -0.1) is 0 Å². The molecule has 0 radical (unpaired) electrons. The van der Waals surface area contributed by atoms with Crippen molar-refractivity contribution < 1.29 is 19.0 Å². The van der Waals surface area contributed by atoms with Gasteiger partial charge in [-0.25, -0.2) is 0 Å². The van der Waals surface area contributed by atoms with Crippen LogP contribution in [0.5, 0.6) is 0 Å². The SMILES string of the molecule is CO[C@@H]1C(=O)CC[C@]2(CO2)C1C1(C)O[C@@H]1CCC(C)C. The van der Waals surface area contributed by atoms with Crippen molar-refractivity contribution in [3.63, 3.8) is 0 Å². The van der Waals surface area contributed by atoms with Gasteiger partial charge in [-0.1, -0.05) is 13.8 Å². The van der Waals surface area contributed by atoms with Crippen LogP contribution in [-0.2, 0) is 19.0 Å². The average Bonchev–Trinajstić information content (AvgIpc) is 3.29. The van der Waals surface area contributed by atoms with E-state index >= 15 is 0 Å². The molecule has 5 atom stereocenters. The van der Waals surface area contributed by atoms with E-state index in [0.717, 1.165) is 25.9 Å². The minimum absolute atomic E-state index is 0.0541. The summed E-state index contributed by atoms with van der Waals surface area (Å²) >= 11 is 0. The van der Waals surface area contributed by atoms with Crippen molar-refractivity contribution in [2.75, 3.05) is 13.7 Å². The maximum absolute atomic E-state index is 12.2. The quantitative estimate of drug-likeness (QED) is 0.726. The molecule has 0 bridgehead atoms. The monoisotopic (exact) mass is 282 g/mol. The molecule has 4 nitrogen and oxygen atoms in total. The summed E-state index contributed by atoms with van der Waals surface area (Å²) in [5.41, 5.74) is -0.405. The molecule has 0 amide bonds. The second-order valence-corrected chi connectivity index (χ2v) is 7.22. The van der Waals surface area contributed by atoms with Gasteiger partial charge in [0, 0.05) is 13.5 Å². The Morgan fingerprint density at radius 3 is 2.70 bits per heavy atom. The van der Waals surface area contributed by atoms with Crippen molar-refractivity contribution in [1.82, 2.24) is 0 Å². The molecule has 114 valence electrons. The van der Waals surface area contributed by atoms with Gasteiger partial charge >= 0.3 is 0 Å². The van der Waals surface area contributed by atoms with Crippen molar-refractivity contribution in [1.29, 1.82) is 0 Å². The molecular formula is C16H26O4. The summed E-state index contributed by atoms with van der Waals surface area (Å²) in [6.07, 6.45) is 3.51. The highest BCUT2D eigenvalue weighted by Crippen LogP contribution is 2.58. The maximum Gasteiger partial charge on any atom is 0.162 e. The van der Waals surface area contributed by atoms with Crippen LogP contribution in [0.2, 0.25) is 0 Å². The number of hydrogen-bond acceptors (Lipinski definition) is 4. The minimum Gasteiger partial charge on any atom is -0.373 e. The first kappa shape index (κ1) is 14.5. The second kappa shape index (κ2) is 4.79. The standard InChI is InChI=1S/C16H26O4/c1-10(2)5-6-12-15(3,20-12)14-13(18-4)11(17)7-8-16(14)9-19-16/h10,12-14H,5-9H2,1-4H3/t12-,13-,14?,15?,16+/m1/s1. The van der Waals surface area contributed by atoms with Gasteiger partial charge in [0.25, 0.3) is 0 Å². The van der Waals surface area contributed by atoms with Crippen LogP contribution in [0.1, 0.15) is 46.5 Å². The molecule has 1 spiro atoms. The van der Waals surface area contributed by atoms with E-state index in [4.69, 9.17) is 14.2 Å². The fourth-order valence-corrected chi connectivity index (χ4v) is 3.98. The number of methoxy groups -OCH3 is 1. The number of carbonyl (C=O) groups excluding carboxylic acids is 1. The molecule has 3 rings (SSSR count). The molecule has 1 aliphatic carbocycles. The largest absolute Gasteiger partial charge is 0.373 e. The molecule has 0 aromatic heterocycles. The van der Waals surface area contributed by atoms with Gasteiger partial charge in [0.05, 0.1) is 18.6 Å². The third kappa shape index (κ3) is 2.22. The molecule has 2 heterocycles. The number of ether oxygens (including phenoxy) is 3. The van der Waals surface area contributed by atoms with Gasteiger partial charge in [0.1, 0.15) is 17.3 Å². The number of hydrogen-bond donors (Lipinski definition) is 0. The van der Waals surface area contributed by atoms with E-state index in [1.807, 2.05) is 0 Å². The second-order valence-electron chi connectivity index (χ2n) is 7.22. The Morgan fingerprint density at radius 1 is 1.45 bits per heavy atom. The van der Waals surface area contributed by atoms with Crippen molar-refractivity contribution in [2.45, 2.75) is 69.9 Å². The van der Waals surface area contributed by atoms with Crippen LogP contribution < -0.4 is 0 Å². The van der Waals surface area contributed by atoms with Crippen molar-refractivity contribution in [2.24, 2.45) is 11.8 Å². The summed E-state index contributed by atoms with van der Waals surface area (Å²) in [4.78, 5) is 12.2. The summed E-state index contributed by atoms with van der Waals surface area (Å²) in [5, 5.41) is 0. The third-order valence-corrected chi connectivity index (χ3v) is 5.35. The van der Waals surface area contributed by atoms with Crippen molar-refractivity contribution >= 4 is 5.78 Å². The van der Waals surface area contributed by atoms with Crippen LogP contribution in [0, 0.1) is 11.8 Å². The Bertz CT molecular complexity index is 401. The van der Waals surface area contributed by atoms with Gasteiger partial charge in [-0.2, -0.15) is 0 Å². The predicted octanol–water partition coefficient (Wildman–Crippen LogP) is 2.34. The number of epoxide rings is 2. The van der Waals surface area contributed by atoms with Gasteiger partial charge < -0.3 is 14.2 Å². The molecule has 0 aromatic carbocycles. The Balaban J connectivity index is 1.75.